The lowest BCUT2D eigenvalue weighted by Gasteiger charge is -2.19. The van der Waals surface area contributed by atoms with Gasteiger partial charge in [0.2, 0.25) is 0 Å². The molecule has 0 aliphatic heterocycles. The molecule has 0 saturated heterocycles. The van der Waals surface area contributed by atoms with Crippen molar-refractivity contribution >= 4 is 25.7 Å². The Bertz CT molecular complexity index is 482. The van der Waals surface area contributed by atoms with Crippen LogP contribution >= 0.6 is 7.82 Å². The zero-order valence-corrected chi connectivity index (χ0v) is 14.3. The van der Waals surface area contributed by atoms with Crippen LogP contribution in [0.1, 0.15) is 26.7 Å². The molecule has 0 bridgehead atoms. The first kappa shape index (κ1) is 22.5. The SMILES string of the molecule is CCCC(=O)OC(COC(C)=O)COP(=O)(O)OCC(N)C(=O)O. The lowest BCUT2D eigenvalue weighted by Crippen LogP contribution is -2.34. The second kappa shape index (κ2) is 11.1. The average Bonchev–Trinajstić information content (AvgIpc) is 2.47. The van der Waals surface area contributed by atoms with Crippen molar-refractivity contribution in [1.82, 2.24) is 0 Å². The topological polar surface area (TPSA) is 172 Å². The first-order valence-corrected chi connectivity index (χ1v) is 8.50. The van der Waals surface area contributed by atoms with Crippen LogP contribution in [0, 0.1) is 0 Å². The third kappa shape index (κ3) is 11.1. The Hall–Kier alpha value is -1.52. The van der Waals surface area contributed by atoms with Gasteiger partial charge >= 0.3 is 25.7 Å². The highest BCUT2D eigenvalue weighted by Crippen LogP contribution is 2.43. The number of aliphatic carboxylic acids is 1. The molecule has 4 N–H and O–H groups in total. The summed E-state index contributed by atoms with van der Waals surface area (Å²) in [5.74, 6) is -2.65. The van der Waals surface area contributed by atoms with Crippen molar-refractivity contribution in [2.75, 3.05) is 19.8 Å². The molecular weight excluding hydrogens is 349 g/mol. The second-order valence-electron chi connectivity index (χ2n) is 4.67. The number of phosphoric ester groups is 1. The van der Waals surface area contributed by atoms with E-state index in [2.05, 4.69) is 13.8 Å². The van der Waals surface area contributed by atoms with E-state index in [1.54, 1.807) is 6.92 Å². The molecule has 0 aliphatic carbocycles. The molecule has 0 fully saturated rings. The van der Waals surface area contributed by atoms with Gasteiger partial charge in [-0.15, -0.1) is 0 Å². The van der Waals surface area contributed by atoms with Crippen LogP contribution in [0.5, 0.6) is 0 Å². The van der Waals surface area contributed by atoms with Crippen LogP contribution in [0.15, 0.2) is 0 Å². The van der Waals surface area contributed by atoms with Crippen molar-refractivity contribution < 1.29 is 47.5 Å². The van der Waals surface area contributed by atoms with Crippen molar-refractivity contribution in [2.24, 2.45) is 5.73 Å². The Labute approximate surface area is 138 Å². The van der Waals surface area contributed by atoms with Gasteiger partial charge < -0.3 is 25.2 Å². The Balaban J connectivity index is 4.53. The van der Waals surface area contributed by atoms with Crippen LogP contribution in [0.25, 0.3) is 0 Å². The molecule has 0 aromatic heterocycles. The van der Waals surface area contributed by atoms with Gasteiger partial charge in [0.25, 0.3) is 0 Å². The number of carboxylic acids is 1. The maximum absolute atomic E-state index is 11.6. The third-order valence-electron chi connectivity index (χ3n) is 2.38. The summed E-state index contributed by atoms with van der Waals surface area (Å²) in [4.78, 5) is 42.2. The van der Waals surface area contributed by atoms with Gasteiger partial charge in [0.15, 0.2) is 6.10 Å². The van der Waals surface area contributed by atoms with E-state index in [0.717, 1.165) is 6.92 Å². The Kier molecular flexibility index (Phi) is 10.4. The van der Waals surface area contributed by atoms with Gasteiger partial charge in [0.1, 0.15) is 12.6 Å². The van der Waals surface area contributed by atoms with Crippen LogP contribution < -0.4 is 5.73 Å². The molecule has 11 nitrogen and oxygen atoms in total. The summed E-state index contributed by atoms with van der Waals surface area (Å²) in [6, 6.07) is -1.51. The number of esters is 2. The van der Waals surface area contributed by atoms with Crippen molar-refractivity contribution in [3.8, 4) is 0 Å². The molecule has 0 heterocycles. The van der Waals surface area contributed by atoms with Crippen LogP contribution in [-0.2, 0) is 37.5 Å². The Morgan fingerprint density at radius 3 is 2.25 bits per heavy atom. The minimum Gasteiger partial charge on any atom is -0.480 e. The molecular formula is C12H22NO10P. The molecule has 0 spiro atoms. The number of carboxylic acid groups (broad SMARTS) is 1. The zero-order valence-electron chi connectivity index (χ0n) is 13.4. The number of carbonyl (C=O) groups excluding carboxylic acids is 2. The number of rotatable bonds is 12. The van der Waals surface area contributed by atoms with Crippen molar-refractivity contribution in [2.45, 2.75) is 38.8 Å². The van der Waals surface area contributed by atoms with E-state index in [-0.39, 0.29) is 13.0 Å². The summed E-state index contributed by atoms with van der Waals surface area (Å²) in [5, 5.41) is 8.55. The first-order valence-electron chi connectivity index (χ1n) is 7.00. The number of ether oxygens (including phenoxy) is 2. The maximum atomic E-state index is 11.6. The molecule has 3 atom stereocenters. The summed E-state index contributed by atoms with van der Waals surface area (Å²) >= 11 is 0. The summed E-state index contributed by atoms with van der Waals surface area (Å²) in [7, 11) is -4.62. The number of hydrogen-bond donors (Lipinski definition) is 3. The van der Waals surface area contributed by atoms with Gasteiger partial charge in [-0.05, 0) is 6.42 Å². The van der Waals surface area contributed by atoms with E-state index in [0.29, 0.717) is 6.42 Å². The molecule has 3 unspecified atom stereocenters. The zero-order chi connectivity index (χ0) is 18.8. The van der Waals surface area contributed by atoms with Crippen LogP contribution in [0.2, 0.25) is 0 Å². The van der Waals surface area contributed by atoms with Crippen LogP contribution in [-0.4, -0.2) is 59.9 Å². The second-order valence-corrected chi connectivity index (χ2v) is 6.12. The molecule has 0 saturated carbocycles. The third-order valence-corrected chi connectivity index (χ3v) is 3.33. The van der Waals surface area contributed by atoms with Crippen LogP contribution in [0.4, 0.5) is 0 Å². The van der Waals surface area contributed by atoms with E-state index < -0.39 is 51.1 Å². The highest BCUT2D eigenvalue weighted by Gasteiger charge is 2.27. The van der Waals surface area contributed by atoms with Gasteiger partial charge in [-0.25, -0.2) is 4.57 Å². The molecule has 12 heteroatoms. The number of phosphoric acid groups is 1. The molecule has 0 radical (unpaired) electrons. The van der Waals surface area contributed by atoms with Crippen molar-refractivity contribution in [3.05, 3.63) is 0 Å². The lowest BCUT2D eigenvalue weighted by molar-refractivity contribution is -0.160. The van der Waals surface area contributed by atoms with Gasteiger partial charge in [0.05, 0.1) is 13.2 Å². The lowest BCUT2D eigenvalue weighted by atomic mass is 10.3. The molecule has 0 amide bonds. The molecule has 140 valence electrons. The summed E-state index contributed by atoms with van der Waals surface area (Å²) in [6.45, 7) is 1.16. The van der Waals surface area contributed by atoms with E-state index >= 15 is 0 Å². The highest BCUT2D eigenvalue weighted by atomic mass is 31.2. The van der Waals surface area contributed by atoms with E-state index in [1.807, 2.05) is 0 Å². The van der Waals surface area contributed by atoms with E-state index in [9.17, 15) is 23.8 Å². The molecule has 0 rings (SSSR count). The van der Waals surface area contributed by atoms with Crippen molar-refractivity contribution in [3.63, 3.8) is 0 Å². The molecule has 0 aliphatic rings. The Morgan fingerprint density at radius 2 is 1.75 bits per heavy atom. The molecule has 24 heavy (non-hydrogen) atoms. The summed E-state index contributed by atoms with van der Waals surface area (Å²) in [5.41, 5.74) is 5.12. The largest absolute Gasteiger partial charge is 0.480 e. The molecule has 0 aromatic carbocycles. The predicted octanol–water partition coefficient (Wildman–Crippen LogP) is -0.193. The fourth-order valence-electron chi connectivity index (χ4n) is 1.24. The maximum Gasteiger partial charge on any atom is 0.472 e. The van der Waals surface area contributed by atoms with E-state index in [1.165, 1.54) is 0 Å². The normalized spacial score (nSPS) is 15.8. The van der Waals surface area contributed by atoms with Gasteiger partial charge in [-0.3, -0.25) is 23.4 Å². The highest BCUT2D eigenvalue weighted by molar-refractivity contribution is 7.47. The van der Waals surface area contributed by atoms with Gasteiger partial charge in [0, 0.05) is 13.3 Å². The minimum absolute atomic E-state index is 0.108. The fourth-order valence-corrected chi connectivity index (χ4v) is 2.01. The average molecular weight is 371 g/mol. The summed E-state index contributed by atoms with van der Waals surface area (Å²) in [6.07, 6.45) is -0.489. The van der Waals surface area contributed by atoms with Gasteiger partial charge in [-0.1, -0.05) is 6.92 Å². The number of nitrogens with two attached hydrogens (primary N) is 1. The first-order chi connectivity index (χ1) is 11.1. The quantitative estimate of drug-likeness (QED) is 0.306. The van der Waals surface area contributed by atoms with Gasteiger partial charge in [-0.2, -0.15) is 0 Å². The van der Waals surface area contributed by atoms with E-state index in [4.69, 9.17) is 15.6 Å². The molecule has 0 aromatic rings. The van der Waals surface area contributed by atoms with Crippen molar-refractivity contribution in [1.29, 1.82) is 0 Å². The monoisotopic (exact) mass is 371 g/mol. The standard InChI is InChI=1S/C12H22NO10P/c1-3-4-11(15)23-9(5-20-8(2)14)6-21-24(18,19)22-7-10(13)12(16)17/h9-10H,3-7,13H2,1-2H3,(H,16,17)(H,18,19). The minimum atomic E-state index is -4.62. The van der Waals surface area contributed by atoms with Crippen LogP contribution in [0.3, 0.4) is 0 Å². The Morgan fingerprint density at radius 1 is 1.17 bits per heavy atom. The number of carbonyl (C=O) groups is 3. The number of hydrogen-bond acceptors (Lipinski definition) is 9. The smallest absolute Gasteiger partial charge is 0.472 e. The summed E-state index contributed by atoms with van der Waals surface area (Å²) < 4.78 is 30.3. The fraction of sp³-hybridized carbons (Fsp3) is 0.750. The predicted molar refractivity (Wildman–Crippen MR) is 78.8 cm³/mol.